The van der Waals surface area contributed by atoms with Crippen LogP contribution in [-0.2, 0) is 0 Å². The van der Waals surface area contributed by atoms with E-state index >= 15 is 0 Å². The van der Waals surface area contributed by atoms with Gasteiger partial charge in [-0.3, -0.25) is 0 Å². The molecule has 0 fully saturated rings. The van der Waals surface area contributed by atoms with Crippen molar-refractivity contribution >= 4 is 21.6 Å². The Morgan fingerprint density at radius 2 is 2.50 bits per heavy atom. The first-order valence-electron chi connectivity index (χ1n) is 3.09. The number of nitrogens with zero attached hydrogens (tertiary/aromatic N) is 1. The largest absolute Gasteiger partial charge is 0.242 e. The molecule has 1 nitrogen and oxygen atoms in total. The fraction of sp³-hybridized carbons (Fsp3) is 0.125. The third-order valence-corrected chi connectivity index (χ3v) is 2.17. The van der Waals surface area contributed by atoms with E-state index in [0.29, 0.717) is 0 Å². The fourth-order valence-electron chi connectivity index (χ4n) is 0.872. The second-order valence-electron chi connectivity index (χ2n) is 2.18. The quantitative estimate of drug-likeness (QED) is 0.559. The van der Waals surface area contributed by atoms with E-state index in [1.54, 1.807) is 11.3 Å². The summed E-state index contributed by atoms with van der Waals surface area (Å²) in [4.78, 5) is 5.41. The number of thiophene rings is 1. The topological polar surface area (TPSA) is 12.9 Å². The number of hydrogen-bond donors (Lipinski definition) is 0. The number of hydrogen-bond acceptors (Lipinski definition) is 2. The van der Waals surface area contributed by atoms with Crippen molar-refractivity contribution in [3.05, 3.63) is 29.3 Å². The predicted octanol–water partition coefficient (Wildman–Crippen LogP) is 2.40. The van der Waals surface area contributed by atoms with Crippen molar-refractivity contribution in [1.82, 2.24) is 4.98 Å². The van der Waals surface area contributed by atoms with E-state index in [1.807, 2.05) is 24.4 Å². The van der Waals surface area contributed by atoms with Gasteiger partial charge in [-0.2, -0.15) is 0 Å². The van der Waals surface area contributed by atoms with Crippen molar-refractivity contribution in [2.45, 2.75) is 6.92 Å². The maximum Gasteiger partial charge on any atom is 0.124 e. The number of aryl methyl sites for hydroxylation is 1. The van der Waals surface area contributed by atoms with Crippen LogP contribution < -0.4 is 0 Å². The molecule has 49 valence electrons. The van der Waals surface area contributed by atoms with Gasteiger partial charge in [-0.15, -0.1) is 11.3 Å². The van der Waals surface area contributed by atoms with Crippen molar-refractivity contribution in [2.75, 3.05) is 0 Å². The monoisotopic (exact) mass is 148 g/mol. The lowest BCUT2D eigenvalue weighted by molar-refractivity contribution is 1.27. The Hall–Kier alpha value is -0.890. The SMILES string of the molecule is Cc1c[c]c2ccsc2n1. The lowest BCUT2D eigenvalue weighted by Gasteiger charge is -1.88. The second-order valence-corrected chi connectivity index (χ2v) is 3.08. The Morgan fingerprint density at radius 1 is 1.60 bits per heavy atom. The number of pyridine rings is 1. The molecule has 2 heterocycles. The Kier molecular flexibility index (Phi) is 1.21. The minimum atomic E-state index is 1.04. The highest BCUT2D eigenvalue weighted by molar-refractivity contribution is 7.16. The summed E-state index contributed by atoms with van der Waals surface area (Å²) >= 11 is 1.66. The number of aromatic nitrogens is 1. The molecule has 0 spiro atoms. The first kappa shape index (κ1) is 5.86. The molecule has 0 aliphatic heterocycles. The maximum atomic E-state index is 4.32. The molecule has 0 aromatic carbocycles. The molecule has 0 N–H and O–H groups in total. The molecule has 2 heteroatoms. The van der Waals surface area contributed by atoms with Gasteiger partial charge < -0.3 is 0 Å². The van der Waals surface area contributed by atoms with Crippen LogP contribution in [-0.4, -0.2) is 4.98 Å². The molecule has 0 atom stereocenters. The molecular weight excluding hydrogens is 142 g/mol. The molecule has 0 aliphatic carbocycles. The van der Waals surface area contributed by atoms with E-state index in [4.69, 9.17) is 0 Å². The molecule has 0 amide bonds. The van der Waals surface area contributed by atoms with Crippen LogP contribution in [0.4, 0.5) is 0 Å². The summed E-state index contributed by atoms with van der Waals surface area (Å²) in [5, 5.41) is 3.16. The van der Waals surface area contributed by atoms with Crippen LogP contribution in [0, 0.1) is 13.0 Å². The second kappa shape index (κ2) is 2.06. The van der Waals surface area contributed by atoms with E-state index in [1.165, 1.54) is 0 Å². The standard InChI is InChI=1S/C8H6NS/c1-6-2-3-7-4-5-10-8(7)9-6/h2,4-5H,1H3. The highest BCUT2D eigenvalue weighted by atomic mass is 32.1. The van der Waals surface area contributed by atoms with Gasteiger partial charge in [-0.25, -0.2) is 4.98 Å². The molecule has 0 unspecified atom stereocenters. The lowest BCUT2D eigenvalue weighted by Crippen LogP contribution is -1.76. The van der Waals surface area contributed by atoms with Gasteiger partial charge in [0.25, 0.3) is 0 Å². The summed E-state index contributed by atoms with van der Waals surface area (Å²) in [5.41, 5.74) is 1.04. The zero-order valence-electron chi connectivity index (χ0n) is 5.59. The zero-order valence-corrected chi connectivity index (χ0v) is 6.40. The van der Waals surface area contributed by atoms with Gasteiger partial charge in [0, 0.05) is 11.1 Å². The van der Waals surface area contributed by atoms with Gasteiger partial charge in [-0.05, 0) is 30.5 Å². The zero-order chi connectivity index (χ0) is 6.97. The van der Waals surface area contributed by atoms with Gasteiger partial charge in [0.15, 0.2) is 0 Å². The van der Waals surface area contributed by atoms with E-state index in [0.717, 1.165) is 15.9 Å². The van der Waals surface area contributed by atoms with Crippen LogP contribution >= 0.6 is 11.3 Å². The smallest absolute Gasteiger partial charge is 0.124 e. The molecule has 0 aliphatic rings. The third kappa shape index (κ3) is 0.809. The van der Waals surface area contributed by atoms with Gasteiger partial charge in [0.1, 0.15) is 4.83 Å². The Morgan fingerprint density at radius 3 is 3.40 bits per heavy atom. The average molecular weight is 148 g/mol. The van der Waals surface area contributed by atoms with Crippen LogP contribution in [0.5, 0.6) is 0 Å². The highest BCUT2D eigenvalue weighted by Gasteiger charge is 1.94. The van der Waals surface area contributed by atoms with Gasteiger partial charge in [0.2, 0.25) is 0 Å². The van der Waals surface area contributed by atoms with Crippen molar-refractivity contribution in [2.24, 2.45) is 0 Å². The molecule has 1 radical (unpaired) electrons. The van der Waals surface area contributed by atoms with Crippen molar-refractivity contribution in [1.29, 1.82) is 0 Å². The summed E-state index contributed by atoms with van der Waals surface area (Å²) in [6, 6.07) is 7.09. The molecule has 0 bridgehead atoms. The number of fused-ring (bicyclic) bond motifs is 1. The van der Waals surface area contributed by atoms with Gasteiger partial charge >= 0.3 is 0 Å². The van der Waals surface area contributed by atoms with Gasteiger partial charge in [-0.1, -0.05) is 0 Å². The van der Waals surface area contributed by atoms with E-state index in [-0.39, 0.29) is 0 Å². The molecule has 10 heavy (non-hydrogen) atoms. The minimum absolute atomic E-state index is 1.04. The van der Waals surface area contributed by atoms with Crippen LogP contribution in [0.1, 0.15) is 5.69 Å². The highest BCUT2D eigenvalue weighted by Crippen LogP contribution is 2.17. The van der Waals surface area contributed by atoms with E-state index in [9.17, 15) is 0 Å². The van der Waals surface area contributed by atoms with Crippen LogP contribution in [0.25, 0.3) is 10.2 Å². The molecule has 2 aromatic rings. The first-order valence-corrected chi connectivity index (χ1v) is 3.97. The molecular formula is C8H6NS. The van der Waals surface area contributed by atoms with Crippen LogP contribution in [0.2, 0.25) is 0 Å². The lowest BCUT2D eigenvalue weighted by atomic mass is 10.3. The average Bonchev–Trinajstić information content (AvgIpc) is 2.33. The summed E-state index contributed by atoms with van der Waals surface area (Å²) in [6.45, 7) is 1.98. The predicted molar refractivity (Wildman–Crippen MR) is 43.2 cm³/mol. The minimum Gasteiger partial charge on any atom is -0.242 e. The Balaban J connectivity index is 2.86. The molecule has 0 saturated heterocycles. The molecule has 0 saturated carbocycles. The van der Waals surface area contributed by atoms with E-state index in [2.05, 4.69) is 11.1 Å². The van der Waals surface area contributed by atoms with E-state index < -0.39 is 0 Å². The molecule has 2 rings (SSSR count). The summed E-state index contributed by atoms with van der Waals surface area (Å²) in [5.74, 6) is 0. The Bertz CT molecular complexity index is 351. The van der Waals surface area contributed by atoms with Crippen molar-refractivity contribution < 1.29 is 0 Å². The fourth-order valence-corrected chi connectivity index (χ4v) is 1.66. The van der Waals surface area contributed by atoms with Crippen LogP contribution in [0.15, 0.2) is 17.5 Å². The Labute approximate surface area is 63.3 Å². The van der Waals surface area contributed by atoms with Crippen molar-refractivity contribution in [3.8, 4) is 0 Å². The maximum absolute atomic E-state index is 4.32. The summed E-state index contributed by atoms with van der Waals surface area (Å²) in [6.07, 6.45) is 0. The third-order valence-electron chi connectivity index (χ3n) is 1.36. The molecule has 2 aromatic heterocycles. The van der Waals surface area contributed by atoms with Gasteiger partial charge in [0.05, 0.1) is 0 Å². The normalized spacial score (nSPS) is 10.5. The number of rotatable bonds is 0. The first-order chi connectivity index (χ1) is 4.86. The van der Waals surface area contributed by atoms with Crippen LogP contribution in [0.3, 0.4) is 0 Å². The summed E-state index contributed by atoms with van der Waals surface area (Å²) in [7, 11) is 0. The summed E-state index contributed by atoms with van der Waals surface area (Å²) < 4.78 is 0. The van der Waals surface area contributed by atoms with Crippen molar-refractivity contribution in [3.63, 3.8) is 0 Å².